The SMILES string of the molecule is C.N#CCN1CCN(CC#N)CC1.NCCN1CCN(CCN)CC1. The molecule has 2 fully saturated rings. The molecular weight excluding hydrogens is 316 g/mol. The van der Waals surface area contributed by atoms with Crippen LogP contribution in [0.2, 0.25) is 0 Å². The molecule has 2 saturated heterocycles. The van der Waals surface area contributed by atoms with Crippen molar-refractivity contribution in [3.63, 3.8) is 0 Å². The fourth-order valence-electron chi connectivity index (χ4n) is 2.91. The summed E-state index contributed by atoms with van der Waals surface area (Å²) in [5, 5.41) is 16.9. The Hall–Kier alpha value is -1.26. The van der Waals surface area contributed by atoms with E-state index in [0.29, 0.717) is 13.1 Å². The van der Waals surface area contributed by atoms with Gasteiger partial charge in [-0.3, -0.25) is 19.6 Å². The van der Waals surface area contributed by atoms with Gasteiger partial charge in [-0.1, -0.05) is 7.43 Å². The van der Waals surface area contributed by atoms with Crippen molar-refractivity contribution in [3.8, 4) is 12.1 Å². The van der Waals surface area contributed by atoms with Gasteiger partial charge in [-0.2, -0.15) is 10.5 Å². The van der Waals surface area contributed by atoms with Gasteiger partial charge >= 0.3 is 0 Å². The third-order valence-electron chi connectivity index (χ3n) is 4.41. The van der Waals surface area contributed by atoms with E-state index in [1.54, 1.807) is 0 Å². The molecule has 8 nitrogen and oxygen atoms in total. The largest absolute Gasteiger partial charge is 0.329 e. The van der Waals surface area contributed by atoms with Crippen molar-refractivity contribution in [2.75, 3.05) is 91.6 Å². The van der Waals surface area contributed by atoms with Crippen LogP contribution in [0.1, 0.15) is 7.43 Å². The third-order valence-corrected chi connectivity index (χ3v) is 4.41. The molecule has 0 aromatic rings. The second kappa shape index (κ2) is 15.0. The molecule has 0 saturated carbocycles. The van der Waals surface area contributed by atoms with E-state index >= 15 is 0 Å². The molecular formula is C17H36N8. The van der Waals surface area contributed by atoms with Gasteiger partial charge in [0.25, 0.3) is 0 Å². The monoisotopic (exact) mass is 352 g/mol. The van der Waals surface area contributed by atoms with Crippen molar-refractivity contribution < 1.29 is 0 Å². The summed E-state index contributed by atoms with van der Waals surface area (Å²) >= 11 is 0. The topological polar surface area (TPSA) is 113 Å². The molecule has 8 heteroatoms. The Morgan fingerprint density at radius 2 is 0.880 bits per heavy atom. The Morgan fingerprint density at radius 3 is 1.12 bits per heavy atom. The maximum absolute atomic E-state index is 8.43. The van der Waals surface area contributed by atoms with Gasteiger partial charge in [-0.15, -0.1) is 0 Å². The zero-order chi connectivity index (χ0) is 17.6. The van der Waals surface area contributed by atoms with Gasteiger partial charge in [0.2, 0.25) is 0 Å². The van der Waals surface area contributed by atoms with Crippen molar-refractivity contribution in [1.29, 1.82) is 10.5 Å². The highest BCUT2D eigenvalue weighted by atomic mass is 15.3. The zero-order valence-electron chi connectivity index (χ0n) is 14.7. The van der Waals surface area contributed by atoms with Crippen LogP contribution in [0.15, 0.2) is 0 Å². The van der Waals surface area contributed by atoms with Crippen molar-refractivity contribution in [2.24, 2.45) is 11.5 Å². The molecule has 0 radical (unpaired) electrons. The first kappa shape index (κ1) is 23.7. The van der Waals surface area contributed by atoms with Crippen molar-refractivity contribution >= 4 is 0 Å². The summed E-state index contributed by atoms with van der Waals surface area (Å²) in [6.45, 7) is 12.9. The van der Waals surface area contributed by atoms with E-state index in [0.717, 1.165) is 78.5 Å². The zero-order valence-corrected chi connectivity index (χ0v) is 14.7. The number of nitrogens with zero attached hydrogens (tertiary/aromatic N) is 6. The Kier molecular flexibility index (Phi) is 14.3. The highest BCUT2D eigenvalue weighted by molar-refractivity contribution is 4.84. The van der Waals surface area contributed by atoms with Crippen molar-refractivity contribution in [3.05, 3.63) is 0 Å². The van der Waals surface area contributed by atoms with Crippen LogP contribution in [0.5, 0.6) is 0 Å². The summed E-state index contributed by atoms with van der Waals surface area (Å²) in [7, 11) is 0. The summed E-state index contributed by atoms with van der Waals surface area (Å²) < 4.78 is 0. The molecule has 0 spiro atoms. The molecule has 4 N–H and O–H groups in total. The van der Waals surface area contributed by atoms with E-state index in [-0.39, 0.29) is 7.43 Å². The summed E-state index contributed by atoms with van der Waals surface area (Å²) in [5.74, 6) is 0. The average molecular weight is 353 g/mol. The highest BCUT2D eigenvalue weighted by Gasteiger charge is 2.15. The number of nitrogens with two attached hydrogens (primary N) is 2. The Bertz CT molecular complexity index is 348. The lowest BCUT2D eigenvalue weighted by molar-refractivity contribution is 0.138. The van der Waals surface area contributed by atoms with E-state index in [9.17, 15) is 0 Å². The Balaban J connectivity index is 0.000000443. The maximum Gasteiger partial charge on any atom is 0.0866 e. The number of rotatable bonds is 6. The smallest absolute Gasteiger partial charge is 0.0866 e. The van der Waals surface area contributed by atoms with Crippen molar-refractivity contribution in [1.82, 2.24) is 19.6 Å². The molecule has 0 unspecified atom stereocenters. The molecule has 0 aromatic heterocycles. The minimum Gasteiger partial charge on any atom is -0.329 e. The minimum absolute atomic E-state index is 0. The molecule has 2 rings (SSSR count). The van der Waals surface area contributed by atoms with Crippen LogP contribution in [0.4, 0.5) is 0 Å². The van der Waals surface area contributed by atoms with Gasteiger partial charge in [0.15, 0.2) is 0 Å². The summed E-state index contributed by atoms with van der Waals surface area (Å²) in [5.41, 5.74) is 11.0. The predicted molar refractivity (Wildman–Crippen MR) is 102 cm³/mol. The van der Waals surface area contributed by atoms with Crippen molar-refractivity contribution in [2.45, 2.75) is 7.43 Å². The van der Waals surface area contributed by atoms with E-state index in [1.807, 2.05) is 0 Å². The standard InChI is InChI=1S/C8H20N4.C8H12N4.CH4/c2*9-1-3-11-5-7-12(4-2-10)8-6-11;/h1-10H2;3-8H2;1H4. The first-order valence-electron chi connectivity index (χ1n) is 8.77. The molecule has 0 bridgehead atoms. The molecule has 2 aliphatic heterocycles. The fourth-order valence-corrected chi connectivity index (χ4v) is 2.91. The lowest BCUT2D eigenvalue weighted by Gasteiger charge is -2.34. The number of hydrogen-bond acceptors (Lipinski definition) is 8. The van der Waals surface area contributed by atoms with E-state index < -0.39 is 0 Å². The van der Waals surface area contributed by atoms with Gasteiger partial charge < -0.3 is 11.5 Å². The normalized spacial score (nSPS) is 19.8. The second-order valence-electron chi connectivity index (χ2n) is 6.13. The van der Waals surface area contributed by atoms with Gasteiger partial charge in [-0.25, -0.2) is 0 Å². The third kappa shape index (κ3) is 10.4. The molecule has 0 aliphatic carbocycles. The van der Waals surface area contributed by atoms with Crippen LogP contribution in [0.25, 0.3) is 0 Å². The second-order valence-corrected chi connectivity index (χ2v) is 6.13. The van der Waals surface area contributed by atoms with Gasteiger partial charge in [0, 0.05) is 78.5 Å². The van der Waals surface area contributed by atoms with Crippen LogP contribution in [-0.2, 0) is 0 Å². The van der Waals surface area contributed by atoms with Crippen LogP contribution < -0.4 is 11.5 Å². The average Bonchev–Trinajstić information content (AvgIpc) is 2.60. The van der Waals surface area contributed by atoms with Crippen LogP contribution in [0.3, 0.4) is 0 Å². The molecule has 0 atom stereocenters. The van der Waals surface area contributed by atoms with Gasteiger partial charge in [-0.05, 0) is 0 Å². The number of hydrogen-bond donors (Lipinski definition) is 2. The minimum atomic E-state index is 0. The van der Waals surface area contributed by atoms with E-state index in [1.165, 1.54) is 0 Å². The fraction of sp³-hybridized carbons (Fsp3) is 0.882. The molecule has 2 aliphatic rings. The van der Waals surface area contributed by atoms with Crippen LogP contribution in [0, 0.1) is 22.7 Å². The van der Waals surface area contributed by atoms with E-state index in [4.69, 9.17) is 22.0 Å². The first-order valence-corrected chi connectivity index (χ1v) is 8.77. The maximum atomic E-state index is 8.43. The number of nitriles is 2. The molecule has 144 valence electrons. The summed E-state index contributed by atoms with van der Waals surface area (Å²) in [4.78, 5) is 9.03. The lowest BCUT2D eigenvalue weighted by atomic mass is 10.3. The predicted octanol–water partition coefficient (Wildman–Crippen LogP) is -1.19. The summed E-state index contributed by atoms with van der Waals surface area (Å²) in [6, 6.07) is 4.25. The molecule has 0 amide bonds. The number of piperazine rings is 2. The first-order chi connectivity index (χ1) is 11.7. The lowest BCUT2D eigenvalue weighted by Crippen LogP contribution is -2.48. The summed E-state index contributed by atoms with van der Waals surface area (Å²) in [6.07, 6.45) is 0. The Labute approximate surface area is 153 Å². The van der Waals surface area contributed by atoms with E-state index in [2.05, 4.69) is 31.7 Å². The molecule has 0 aromatic carbocycles. The van der Waals surface area contributed by atoms with Gasteiger partial charge in [0.1, 0.15) is 0 Å². The Morgan fingerprint density at radius 1 is 0.600 bits per heavy atom. The molecule has 25 heavy (non-hydrogen) atoms. The quantitative estimate of drug-likeness (QED) is 0.574. The van der Waals surface area contributed by atoms with Crippen LogP contribution in [-0.4, -0.2) is 111 Å². The highest BCUT2D eigenvalue weighted by Crippen LogP contribution is 2.00. The van der Waals surface area contributed by atoms with Crippen LogP contribution >= 0.6 is 0 Å². The van der Waals surface area contributed by atoms with Gasteiger partial charge in [0.05, 0.1) is 25.2 Å². The molecule has 2 heterocycles.